The second-order valence-corrected chi connectivity index (χ2v) is 8.52. The molecule has 31 heavy (non-hydrogen) atoms. The highest BCUT2D eigenvalue weighted by molar-refractivity contribution is 5.96. The number of fused-ring (bicyclic) bond motifs is 1. The zero-order valence-corrected chi connectivity index (χ0v) is 17.6. The smallest absolute Gasteiger partial charge is 0.255 e. The Bertz CT molecular complexity index is 1090. The molecule has 0 spiro atoms. The first kappa shape index (κ1) is 19.7. The number of nitrogens with zero attached hydrogens (tertiary/aromatic N) is 5. The molecule has 1 aliphatic carbocycles. The summed E-state index contributed by atoms with van der Waals surface area (Å²) >= 11 is 0. The monoisotopic (exact) mass is 417 g/mol. The number of rotatable bonds is 4. The van der Waals surface area contributed by atoms with Crippen molar-refractivity contribution >= 4 is 23.0 Å². The maximum atomic E-state index is 13.1. The molecule has 3 aromatic rings. The van der Waals surface area contributed by atoms with Crippen LogP contribution in [0.25, 0.3) is 11.2 Å². The van der Waals surface area contributed by atoms with Gasteiger partial charge in [-0.15, -0.1) is 0 Å². The van der Waals surface area contributed by atoms with Crippen molar-refractivity contribution in [2.24, 2.45) is 5.92 Å². The molecule has 0 unspecified atom stereocenters. The number of pyridine rings is 1. The molecule has 5 rings (SSSR count). The summed E-state index contributed by atoms with van der Waals surface area (Å²) in [4.78, 5) is 38.5. The van der Waals surface area contributed by atoms with Gasteiger partial charge in [0.1, 0.15) is 5.52 Å². The second kappa shape index (κ2) is 8.49. The summed E-state index contributed by atoms with van der Waals surface area (Å²) in [5.41, 5.74) is 3.22. The Labute approximate surface area is 181 Å². The summed E-state index contributed by atoms with van der Waals surface area (Å²) < 4.78 is 1.99. The fraction of sp³-hybridized carbons (Fsp3) is 0.417. The summed E-state index contributed by atoms with van der Waals surface area (Å²) in [6.07, 6.45) is 7.42. The van der Waals surface area contributed by atoms with Crippen molar-refractivity contribution in [2.45, 2.75) is 32.2 Å². The van der Waals surface area contributed by atoms with Gasteiger partial charge in [0, 0.05) is 38.3 Å². The molecule has 7 nitrogen and oxygen atoms in total. The Morgan fingerprint density at radius 1 is 0.935 bits per heavy atom. The number of amides is 2. The number of benzene rings is 1. The number of carbonyl (C=O) groups is 2. The standard InChI is InChI=1S/C24H27N5O2/c30-23(19-8-4-9-19)27-10-5-11-28(13-12-27)24(31)20-14-21-22(25-15-20)29(17-26-21)16-18-6-2-1-3-7-18/h1-3,6-7,14-15,17,19H,4-5,8-13,16H2. The lowest BCUT2D eigenvalue weighted by Gasteiger charge is -2.31. The van der Waals surface area contributed by atoms with Crippen molar-refractivity contribution in [1.29, 1.82) is 0 Å². The fourth-order valence-corrected chi connectivity index (χ4v) is 4.40. The summed E-state index contributed by atoms with van der Waals surface area (Å²) in [5.74, 6) is 0.442. The van der Waals surface area contributed by atoms with Gasteiger partial charge in [-0.25, -0.2) is 9.97 Å². The van der Waals surface area contributed by atoms with Crippen LogP contribution in [0.1, 0.15) is 41.6 Å². The van der Waals surface area contributed by atoms with Crippen LogP contribution in [0.4, 0.5) is 0 Å². The SMILES string of the molecule is O=C(c1cnc2c(c1)ncn2Cc1ccccc1)N1CCCN(C(=O)C2CCC2)CC1. The van der Waals surface area contributed by atoms with E-state index in [1.54, 1.807) is 12.5 Å². The molecule has 2 aliphatic rings. The maximum absolute atomic E-state index is 13.1. The highest BCUT2D eigenvalue weighted by Gasteiger charge is 2.31. The summed E-state index contributed by atoms with van der Waals surface area (Å²) in [5, 5.41) is 0. The Morgan fingerprint density at radius 3 is 2.48 bits per heavy atom. The number of aromatic nitrogens is 3. The molecule has 1 aromatic carbocycles. The predicted molar refractivity (Wildman–Crippen MR) is 118 cm³/mol. The Kier molecular flexibility index (Phi) is 5.40. The molecule has 0 radical (unpaired) electrons. The van der Waals surface area contributed by atoms with Crippen molar-refractivity contribution in [2.75, 3.05) is 26.2 Å². The van der Waals surface area contributed by atoms with Gasteiger partial charge < -0.3 is 14.4 Å². The van der Waals surface area contributed by atoms with Crippen LogP contribution in [0, 0.1) is 5.92 Å². The fourth-order valence-electron chi connectivity index (χ4n) is 4.40. The van der Waals surface area contributed by atoms with Gasteiger partial charge in [0.15, 0.2) is 5.65 Å². The van der Waals surface area contributed by atoms with Crippen LogP contribution in [-0.4, -0.2) is 62.3 Å². The lowest BCUT2D eigenvalue weighted by atomic mass is 9.84. The molecule has 0 atom stereocenters. The molecule has 3 heterocycles. The van der Waals surface area contributed by atoms with Gasteiger partial charge in [0.2, 0.25) is 5.91 Å². The van der Waals surface area contributed by atoms with Gasteiger partial charge in [-0.3, -0.25) is 9.59 Å². The van der Waals surface area contributed by atoms with Gasteiger partial charge in [0.05, 0.1) is 18.4 Å². The van der Waals surface area contributed by atoms with E-state index in [2.05, 4.69) is 22.1 Å². The highest BCUT2D eigenvalue weighted by atomic mass is 16.2. The minimum absolute atomic E-state index is 0.0371. The van der Waals surface area contributed by atoms with E-state index >= 15 is 0 Å². The minimum atomic E-state index is -0.0371. The third kappa shape index (κ3) is 4.04. The zero-order chi connectivity index (χ0) is 21.2. The van der Waals surface area contributed by atoms with Gasteiger partial charge >= 0.3 is 0 Å². The molecule has 160 valence electrons. The van der Waals surface area contributed by atoms with Crippen LogP contribution in [0.3, 0.4) is 0 Å². The minimum Gasteiger partial charge on any atom is -0.341 e. The molecule has 2 aromatic heterocycles. The van der Waals surface area contributed by atoms with Crippen molar-refractivity contribution in [3.63, 3.8) is 0 Å². The first-order chi connectivity index (χ1) is 15.2. The molecule has 0 N–H and O–H groups in total. The number of carbonyl (C=O) groups excluding carboxylic acids is 2. The Hall–Kier alpha value is -3.22. The maximum Gasteiger partial charge on any atom is 0.255 e. The van der Waals surface area contributed by atoms with E-state index in [1.807, 2.05) is 38.6 Å². The largest absolute Gasteiger partial charge is 0.341 e. The third-order valence-electron chi connectivity index (χ3n) is 6.45. The first-order valence-corrected chi connectivity index (χ1v) is 11.1. The lowest BCUT2D eigenvalue weighted by molar-refractivity contribution is -0.138. The molecule has 1 aliphatic heterocycles. The van der Waals surface area contributed by atoms with Crippen LogP contribution in [-0.2, 0) is 11.3 Å². The molecule has 1 saturated heterocycles. The topological polar surface area (TPSA) is 71.3 Å². The van der Waals surface area contributed by atoms with Crippen molar-refractivity contribution in [3.05, 3.63) is 60.0 Å². The molecule has 1 saturated carbocycles. The molecule has 0 bridgehead atoms. The van der Waals surface area contributed by atoms with E-state index in [4.69, 9.17) is 0 Å². The second-order valence-electron chi connectivity index (χ2n) is 8.52. The van der Waals surface area contributed by atoms with Crippen LogP contribution in [0.5, 0.6) is 0 Å². The normalized spacial score (nSPS) is 17.4. The summed E-state index contributed by atoms with van der Waals surface area (Å²) in [6.45, 7) is 3.27. The Morgan fingerprint density at radius 2 is 1.71 bits per heavy atom. The molecule has 2 fully saturated rings. The number of imidazole rings is 1. The van der Waals surface area contributed by atoms with Crippen LogP contribution < -0.4 is 0 Å². The van der Waals surface area contributed by atoms with Crippen LogP contribution in [0.2, 0.25) is 0 Å². The van der Waals surface area contributed by atoms with Gasteiger partial charge in [-0.2, -0.15) is 0 Å². The van der Waals surface area contributed by atoms with Crippen molar-refractivity contribution < 1.29 is 9.59 Å². The molecule has 2 amide bonds. The van der Waals surface area contributed by atoms with Gasteiger partial charge in [0.25, 0.3) is 5.91 Å². The van der Waals surface area contributed by atoms with Crippen molar-refractivity contribution in [3.8, 4) is 0 Å². The van der Waals surface area contributed by atoms with Crippen LogP contribution in [0.15, 0.2) is 48.9 Å². The van der Waals surface area contributed by atoms with E-state index in [9.17, 15) is 9.59 Å². The average Bonchev–Trinajstić information content (AvgIpc) is 2.98. The van der Waals surface area contributed by atoms with E-state index < -0.39 is 0 Å². The van der Waals surface area contributed by atoms with Gasteiger partial charge in [-0.1, -0.05) is 36.8 Å². The zero-order valence-electron chi connectivity index (χ0n) is 17.6. The highest BCUT2D eigenvalue weighted by Crippen LogP contribution is 2.28. The summed E-state index contributed by atoms with van der Waals surface area (Å²) in [7, 11) is 0. The van der Waals surface area contributed by atoms with Gasteiger partial charge in [-0.05, 0) is 30.9 Å². The number of hydrogen-bond acceptors (Lipinski definition) is 4. The first-order valence-electron chi connectivity index (χ1n) is 11.1. The lowest BCUT2D eigenvalue weighted by Crippen LogP contribution is -2.41. The number of hydrogen-bond donors (Lipinski definition) is 0. The predicted octanol–water partition coefficient (Wildman–Crippen LogP) is 2.95. The Balaban J connectivity index is 1.28. The van der Waals surface area contributed by atoms with E-state index in [0.29, 0.717) is 31.7 Å². The van der Waals surface area contributed by atoms with E-state index in [-0.39, 0.29) is 17.7 Å². The molecule has 7 heteroatoms. The average molecular weight is 418 g/mol. The molecular weight excluding hydrogens is 390 g/mol. The van der Waals surface area contributed by atoms with E-state index in [0.717, 1.165) is 43.4 Å². The summed E-state index contributed by atoms with van der Waals surface area (Å²) in [6, 6.07) is 12.0. The van der Waals surface area contributed by atoms with E-state index in [1.165, 1.54) is 5.56 Å². The van der Waals surface area contributed by atoms with Crippen molar-refractivity contribution in [1.82, 2.24) is 24.3 Å². The third-order valence-corrected chi connectivity index (χ3v) is 6.45. The quantitative estimate of drug-likeness (QED) is 0.654. The van der Waals surface area contributed by atoms with Crippen LogP contribution >= 0.6 is 0 Å². The molecular formula is C24H27N5O2.